The van der Waals surface area contributed by atoms with Crippen molar-refractivity contribution in [2.75, 3.05) is 12.8 Å². The van der Waals surface area contributed by atoms with Crippen molar-refractivity contribution in [2.45, 2.75) is 6.92 Å². The Morgan fingerprint density at radius 1 is 1.56 bits per heavy atom. The summed E-state index contributed by atoms with van der Waals surface area (Å²) in [6.45, 7) is 1.80. The number of nitrogens with two attached hydrogens (primary N) is 1. The van der Waals surface area contributed by atoms with Crippen LogP contribution < -0.4 is 5.73 Å². The maximum absolute atomic E-state index is 11.4. The molecule has 1 aromatic carbocycles. The highest BCUT2D eigenvalue weighted by molar-refractivity contribution is 5.96. The van der Waals surface area contributed by atoms with E-state index in [2.05, 4.69) is 4.74 Å². The fraction of sp³-hybridized carbons (Fsp3) is 0.167. The second-order valence-corrected chi connectivity index (χ2v) is 3.25. The van der Waals surface area contributed by atoms with E-state index in [0.29, 0.717) is 11.3 Å². The SMILES string of the molecule is COC(=O)c1cc(/C=C/C#N)cc(C)c1N. The normalized spacial score (nSPS) is 10.1. The van der Waals surface area contributed by atoms with Crippen molar-refractivity contribution in [1.29, 1.82) is 5.26 Å². The molecule has 0 heterocycles. The summed E-state index contributed by atoms with van der Waals surface area (Å²) in [5.41, 5.74) is 8.01. The van der Waals surface area contributed by atoms with E-state index in [1.54, 1.807) is 25.1 Å². The van der Waals surface area contributed by atoms with Crippen molar-refractivity contribution in [3.8, 4) is 6.07 Å². The van der Waals surface area contributed by atoms with Gasteiger partial charge in [-0.25, -0.2) is 4.79 Å². The summed E-state index contributed by atoms with van der Waals surface area (Å²) in [5.74, 6) is -0.479. The molecule has 16 heavy (non-hydrogen) atoms. The quantitative estimate of drug-likeness (QED) is 0.465. The first kappa shape index (κ1) is 11.8. The highest BCUT2D eigenvalue weighted by atomic mass is 16.5. The van der Waals surface area contributed by atoms with Gasteiger partial charge in [0.15, 0.2) is 0 Å². The molecule has 0 aliphatic heterocycles. The number of nitrogen functional groups attached to an aromatic ring is 1. The molecule has 1 rings (SSSR count). The van der Waals surface area contributed by atoms with Crippen molar-refractivity contribution in [2.24, 2.45) is 0 Å². The molecule has 0 saturated heterocycles. The molecule has 1 aromatic rings. The van der Waals surface area contributed by atoms with Gasteiger partial charge in [0.2, 0.25) is 0 Å². The highest BCUT2D eigenvalue weighted by Crippen LogP contribution is 2.21. The van der Waals surface area contributed by atoms with Crippen LogP contribution >= 0.6 is 0 Å². The Morgan fingerprint density at radius 3 is 2.81 bits per heavy atom. The summed E-state index contributed by atoms with van der Waals surface area (Å²) in [5, 5.41) is 8.42. The number of carbonyl (C=O) groups is 1. The van der Waals surface area contributed by atoms with Gasteiger partial charge in [0.05, 0.1) is 18.7 Å². The van der Waals surface area contributed by atoms with Crippen molar-refractivity contribution < 1.29 is 9.53 Å². The Labute approximate surface area is 93.9 Å². The number of allylic oxidation sites excluding steroid dienone is 1. The lowest BCUT2D eigenvalue weighted by Gasteiger charge is -2.08. The van der Waals surface area contributed by atoms with Gasteiger partial charge in [-0.15, -0.1) is 0 Å². The predicted octanol–water partition coefficient (Wildman–Crippen LogP) is 1.90. The van der Waals surface area contributed by atoms with E-state index in [4.69, 9.17) is 11.0 Å². The van der Waals surface area contributed by atoms with Crippen molar-refractivity contribution in [3.05, 3.63) is 34.9 Å². The van der Waals surface area contributed by atoms with Crippen molar-refractivity contribution in [1.82, 2.24) is 0 Å². The van der Waals surface area contributed by atoms with Gasteiger partial charge in [0.25, 0.3) is 0 Å². The molecule has 0 bridgehead atoms. The Kier molecular flexibility index (Phi) is 3.67. The molecule has 0 amide bonds. The van der Waals surface area contributed by atoms with Crippen LogP contribution in [0.2, 0.25) is 0 Å². The van der Waals surface area contributed by atoms with E-state index in [0.717, 1.165) is 11.1 Å². The molecule has 0 atom stereocenters. The van der Waals surface area contributed by atoms with Crippen LogP contribution in [-0.4, -0.2) is 13.1 Å². The summed E-state index contributed by atoms with van der Waals surface area (Å²) in [4.78, 5) is 11.4. The number of nitrogens with zero attached hydrogens (tertiary/aromatic N) is 1. The summed E-state index contributed by atoms with van der Waals surface area (Å²) in [7, 11) is 1.30. The highest BCUT2D eigenvalue weighted by Gasteiger charge is 2.12. The molecule has 0 unspecified atom stereocenters. The topological polar surface area (TPSA) is 76.1 Å². The van der Waals surface area contributed by atoms with E-state index < -0.39 is 5.97 Å². The Balaban J connectivity index is 3.28. The number of carbonyl (C=O) groups excluding carboxylic acids is 1. The number of esters is 1. The van der Waals surface area contributed by atoms with E-state index in [1.165, 1.54) is 13.2 Å². The molecule has 2 N–H and O–H groups in total. The second-order valence-electron chi connectivity index (χ2n) is 3.25. The van der Waals surface area contributed by atoms with E-state index in [1.807, 2.05) is 6.07 Å². The fourth-order valence-corrected chi connectivity index (χ4v) is 1.33. The molecule has 4 heteroatoms. The molecule has 0 fully saturated rings. The lowest BCUT2D eigenvalue weighted by Crippen LogP contribution is -2.07. The van der Waals surface area contributed by atoms with Crippen LogP contribution in [0.1, 0.15) is 21.5 Å². The van der Waals surface area contributed by atoms with Crippen molar-refractivity contribution in [3.63, 3.8) is 0 Å². The molecule has 0 spiro atoms. The van der Waals surface area contributed by atoms with E-state index in [9.17, 15) is 4.79 Å². The fourth-order valence-electron chi connectivity index (χ4n) is 1.33. The van der Waals surface area contributed by atoms with Crippen LogP contribution in [0.3, 0.4) is 0 Å². The molecule has 0 aliphatic carbocycles. The minimum absolute atomic E-state index is 0.320. The van der Waals surface area contributed by atoms with Gasteiger partial charge < -0.3 is 10.5 Å². The zero-order valence-corrected chi connectivity index (χ0v) is 9.15. The van der Waals surface area contributed by atoms with Gasteiger partial charge in [0.1, 0.15) is 0 Å². The number of nitriles is 1. The maximum atomic E-state index is 11.4. The first-order valence-electron chi connectivity index (χ1n) is 4.64. The van der Waals surface area contributed by atoms with Crippen LogP contribution in [-0.2, 0) is 4.74 Å². The number of anilines is 1. The molecule has 0 radical (unpaired) electrons. The van der Waals surface area contributed by atoms with Crippen LogP contribution in [0.5, 0.6) is 0 Å². The van der Waals surface area contributed by atoms with E-state index >= 15 is 0 Å². The van der Waals surface area contributed by atoms with Gasteiger partial charge in [-0.3, -0.25) is 0 Å². The Bertz CT molecular complexity index is 485. The first-order chi connectivity index (χ1) is 7.60. The molecule has 0 saturated carbocycles. The van der Waals surface area contributed by atoms with Crippen molar-refractivity contribution >= 4 is 17.7 Å². The number of aryl methyl sites for hydroxylation is 1. The summed E-state index contributed by atoms with van der Waals surface area (Å²) < 4.78 is 4.62. The third-order valence-electron chi connectivity index (χ3n) is 2.16. The molecule has 0 aromatic heterocycles. The lowest BCUT2D eigenvalue weighted by molar-refractivity contribution is 0.0602. The summed E-state index contributed by atoms with van der Waals surface area (Å²) in [6.07, 6.45) is 2.95. The van der Waals surface area contributed by atoms with Crippen LogP contribution in [0.15, 0.2) is 18.2 Å². The van der Waals surface area contributed by atoms with Crippen LogP contribution in [0.25, 0.3) is 6.08 Å². The Morgan fingerprint density at radius 2 is 2.25 bits per heavy atom. The third-order valence-corrected chi connectivity index (χ3v) is 2.16. The largest absolute Gasteiger partial charge is 0.465 e. The summed E-state index contributed by atoms with van der Waals surface area (Å²) >= 11 is 0. The van der Waals surface area contributed by atoms with Gasteiger partial charge >= 0.3 is 5.97 Å². The smallest absolute Gasteiger partial charge is 0.339 e. The monoisotopic (exact) mass is 216 g/mol. The predicted molar refractivity (Wildman–Crippen MR) is 61.6 cm³/mol. The zero-order chi connectivity index (χ0) is 12.1. The van der Waals surface area contributed by atoms with Gasteiger partial charge in [0, 0.05) is 11.8 Å². The molecule has 4 nitrogen and oxygen atoms in total. The minimum Gasteiger partial charge on any atom is -0.465 e. The molecule has 82 valence electrons. The average molecular weight is 216 g/mol. The standard InChI is InChI=1S/C12H12N2O2/c1-8-6-9(4-3-5-13)7-10(11(8)14)12(15)16-2/h3-4,6-7H,14H2,1-2H3/b4-3+. The number of ether oxygens (including phenoxy) is 1. The number of benzene rings is 1. The number of methoxy groups -OCH3 is 1. The molecule has 0 aliphatic rings. The third kappa shape index (κ3) is 2.39. The number of rotatable bonds is 2. The average Bonchev–Trinajstić information content (AvgIpc) is 2.29. The number of hydrogen-bond acceptors (Lipinski definition) is 4. The van der Waals surface area contributed by atoms with Gasteiger partial charge in [-0.2, -0.15) is 5.26 Å². The van der Waals surface area contributed by atoms with Crippen LogP contribution in [0, 0.1) is 18.3 Å². The molecular formula is C12H12N2O2. The van der Waals surface area contributed by atoms with Gasteiger partial charge in [-0.1, -0.05) is 0 Å². The number of hydrogen-bond donors (Lipinski definition) is 1. The zero-order valence-electron chi connectivity index (χ0n) is 9.15. The minimum atomic E-state index is -0.479. The summed E-state index contributed by atoms with van der Waals surface area (Å²) in [6, 6.07) is 5.29. The lowest BCUT2D eigenvalue weighted by atomic mass is 10.0. The maximum Gasteiger partial charge on any atom is 0.339 e. The van der Waals surface area contributed by atoms with Crippen LogP contribution in [0.4, 0.5) is 5.69 Å². The first-order valence-corrected chi connectivity index (χ1v) is 4.64. The molecular weight excluding hydrogens is 204 g/mol. The Hall–Kier alpha value is -2.28. The van der Waals surface area contributed by atoms with Gasteiger partial charge in [-0.05, 0) is 36.3 Å². The van der Waals surface area contributed by atoms with E-state index in [-0.39, 0.29) is 0 Å². The second kappa shape index (κ2) is 4.99.